The van der Waals surface area contributed by atoms with Gasteiger partial charge < -0.3 is 14.8 Å². The first-order valence-corrected chi connectivity index (χ1v) is 7.96. The second-order valence-electron chi connectivity index (χ2n) is 5.05. The maximum atomic E-state index is 13.5. The van der Waals surface area contributed by atoms with Crippen LogP contribution >= 0.6 is 11.6 Å². The van der Waals surface area contributed by atoms with Gasteiger partial charge in [-0.05, 0) is 43.1 Å². The van der Waals surface area contributed by atoms with Crippen LogP contribution in [0.3, 0.4) is 0 Å². The number of rotatable bonds is 8. The first kappa shape index (κ1) is 17.6. The summed E-state index contributed by atoms with van der Waals surface area (Å²) in [4.78, 5) is 0. The molecule has 0 aromatic heterocycles. The number of hydrogen-bond donors (Lipinski definition) is 1. The molecule has 2 aromatic carbocycles. The van der Waals surface area contributed by atoms with Gasteiger partial charge in [0.15, 0.2) is 11.5 Å². The predicted molar refractivity (Wildman–Crippen MR) is 91.0 cm³/mol. The van der Waals surface area contributed by atoms with Crippen molar-refractivity contribution in [3.63, 3.8) is 0 Å². The topological polar surface area (TPSA) is 30.5 Å². The first-order chi connectivity index (χ1) is 11.2. The normalized spacial score (nSPS) is 10.6. The quantitative estimate of drug-likeness (QED) is 0.732. The maximum absolute atomic E-state index is 13.5. The maximum Gasteiger partial charge on any atom is 0.162 e. The van der Waals surface area contributed by atoms with Crippen LogP contribution in [0, 0.1) is 5.82 Å². The van der Waals surface area contributed by atoms with Crippen molar-refractivity contribution in [1.29, 1.82) is 0 Å². The van der Waals surface area contributed by atoms with Gasteiger partial charge in [-0.25, -0.2) is 4.39 Å². The highest BCUT2D eigenvalue weighted by Crippen LogP contribution is 2.33. The minimum Gasteiger partial charge on any atom is -0.493 e. The fraction of sp³-hybridized carbons (Fsp3) is 0.333. The SMILES string of the molecule is CCOc1cc(Cl)c(CNCCc2ccccc2F)cc1OC. The van der Waals surface area contributed by atoms with Crippen molar-refractivity contribution in [3.05, 3.63) is 58.4 Å². The summed E-state index contributed by atoms with van der Waals surface area (Å²) in [6.45, 7) is 3.70. The van der Waals surface area contributed by atoms with E-state index in [4.69, 9.17) is 21.1 Å². The van der Waals surface area contributed by atoms with Gasteiger partial charge in [-0.15, -0.1) is 0 Å². The van der Waals surface area contributed by atoms with Crippen molar-refractivity contribution < 1.29 is 13.9 Å². The fourth-order valence-corrected chi connectivity index (χ4v) is 2.51. The molecule has 0 radical (unpaired) electrons. The lowest BCUT2D eigenvalue weighted by molar-refractivity contribution is 0.310. The number of benzene rings is 2. The minimum absolute atomic E-state index is 0.171. The van der Waals surface area contributed by atoms with E-state index in [1.54, 1.807) is 25.3 Å². The lowest BCUT2D eigenvalue weighted by Gasteiger charge is -2.13. The second kappa shape index (κ2) is 8.75. The van der Waals surface area contributed by atoms with Crippen LogP contribution in [-0.4, -0.2) is 20.3 Å². The molecule has 0 heterocycles. The van der Waals surface area contributed by atoms with Crippen molar-refractivity contribution >= 4 is 11.6 Å². The van der Waals surface area contributed by atoms with Crippen LogP contribution in [-0.2, 0) is 13.0 Å². The zero-order valence-corrected chi connectivity index (χ0v) is 14.1. The molecular weight excluding hydrogens is 317 g/mol. The second-order valence-corrected chi connectivity index (χ2v) is 5.45. The van der Waals surface area contributed by atoms with Crippen molar-refractivity contribution in [3.8, 4) is 11.5 Å². The molecule has 0 saturated heterocycles. The summed E-state index contributed by atoms with van der Waals surface area (Å²) in [6.07, 6.45) is 0.623. The molecule has 2 aromatic rings. The zero-order valence-electron chi connectivity index (χ0n) is 13.4. The van der Waals surface area contributed by atoms with Crippen LogP contribution in [0.15, 0.2) is 36.4 Å². The van der Waals surface area contributed by atoms with Crippen molar-refractivity contribution in [1.82, 2.24) is 5.32 Å². The molecule has 124 valence electrons. The Morgan fingerprint density at radius 1 is 1.13 bits per heavy atom. The van der Waals surface area contributed by atoms with E-state index in [-0.39, 0.29) is 5.82 Å². The van der Waals surface area contributed by atoms with Crippen LogP contribution in [0.4, 0.5) is 4.39 Å². The van der Waals surface area contributed by atoms with Crippen LogP contribution in [0.25, 0.3) is 0 Å². The Labute approximate surface area is 141 Å². The number of ether oxygens (including phenoxy) is 2. The zero-order chi connectivity index (χ0) is 16.7. The van der Waals surface area contributed by atoms with E-state index in [0.29, 0.717) is 48.2 Å². The number of methoxy groups -OCH3 is 1. The van der Waals surface area contributed by atoms with Gasteiger partial charge in [0, 0.05) is 17.6 Å². The van der Waals surface area contributed by atoms with E-state index in [2.05, 4.69) is 5.32 Å². The number of halogens is 2. The van der Waals surface area contributed by atoms with Gasteiger partial charge in [-0.3, -0.25) is 0 Å². The Kier molecular flexibility index (Phi) is 6.68. The highest BCUT2D eigenvalue weighted by atomic mass is 35.5. The molecule has 0 aliphatic heterocycles. The van der Waals surface area contributed by atoms with Gasteiger partial charge in [0.25, 0.3) is 0 Å². The van der Waals surface area contributed by atoms with Gasteiger partial charge in [0.05, 0.1) is 13.7 Å². The molecule has 0 bridgehead atoms. The van der Waals surface area contributed by atoms with Crippen LogP contribution in [0.5, 0.6) is 11.5 Å². The molecule has 0 spiro atoms. The van der Waals surface area contributed by atoms with Gasteiger partial charge in [0.1, 0.15) is 5.82 Å². The molecule has 0 aliphatic carbocycles. The van der Waals surface area contributed by atoms with E-state index in [1.807, 2.05) is 19.1 Å². The van der Waals surface area contributed by atoms with Gasteiger partial charge in [0.2, 0.25) is 0 Å². The average molecular weight is 338 g/mol. The van der Waals surface area contributed by atoms with E-state index in [9.17, 15) is 4.39 Å². The molecule has 0 atom stereocenters. The molecule has 0 fully saturated rings. The third-order valence-electron chi connectivity index (χ3n) is 3.48. The monoisotopic (exact) mass is 337 g/mol. The molecule has 2 rings (SSSR count). The van der Waals surface area contributed by atoms with Gasteiger partial charge in [-0.1, -0.05) is 29.8 Å². The van der Waals surface area contributed by atoms with E-state index in [1.165, 1.54) is 6.07 Å². The van der Waals surface area contributed by atoms with Crippen molar-refractivity contribution in [2.24, 2.45) is 0 Å². The molecule has 0 aliphatic rings. The standard InChI is InChI=1S/C18H21ClFNO2/c1-3-23-18-11-15(19)14(10-17(18)22-2)12-21-9-8-13-6-4-5-7-16(13)20/h4-7,10-11,21H,3,8-9,12H2,1-2H3. The first-order valence-electron chi connectivity index (χ1n) is 7.59. The molecule has 1 N–H and O–H groups in total. The van der Waals surface area contributed by atoms with Crippen LogP contribution < -0.4 is 14.8 Å². The predicted octanol–water partition coefficient (Wildman–Crippen LogP) is 4.22. The average Bonchev–Trinajstić information content (AvgIpc) is 2.55. The summed E-state index contributed by atoms with van der Waals surface area (Å²) < 4.78 is 24.4. The third kappa shape index (κ3) is 4.85. The molecular formula is C18H21ClFNO2. The number of hydrogen-bond acceptors (Lipinski definition) is 3. The van der Waals surface area contributed by atoms with Gasteiger partial charge in [-0.2, -0.15) is 0 Å². The highest BCUT2D eigenvalue weighted by molar-refractivity contribution is 6.31. The van der Waals surface area contributed by atoms with Crippen molar-refractivity contribution in [2.45, 2.75) is 19.9 Å². The lowest BCUT2D eigenvalue weighted by Crippen LogP contribution is -2.17. The van der Waals surface area contributed by atoms with E-state index < -0.39 is 0 Å². The summed E-state index contributed by atoms with van der Waals surface area (Å²) in [7, 11) is 1.60. The summed E-state index contributed by atoms with van der Waals surface area (Å²) in [6, 6.07) is 10.4. The lowest BCUT2D eigenvalue weighted by atomic mass is 10.1. The largest absolute Gasteiger partial charge is 0.493 e. The summed E-state index contributed by atoms with van der Waals surface area (Å²) >= 11 is 6.28. The molecule has 0 unspecified atom stereocenters. The fourth-order valence-electron chi connectivity index (χ4n) is 2.29. The van der Waals surface area contributed by atoms with Crippen LogP contribution in [0.2, 0.25) is 5.02 Å². The third-order valence-corrected chi connectivity index (χ3v) is 3.83. The van der Waals surface area contributed by atoms with E-state index in [0.717, 1.165) is 5.56 Å². The molecule has 5 heteroatoms. The summed E-state index contributed by atoms with van der Waals surface area (Å²) in [5.74, 6) is 1.12. The highest BCUT2D eigenvalue weighted by Gasteiger charge is 2.10. The Morgan fingerprint density at radius 3 is 2.61 bits per heavy atom. The Hall–Kier alpha value is -1.78. The van der Waals surface area contributed by atoms with Crippen molar-refractivity contribution in [2.75, 3.05) is 20.3 Å². The van der Waals surface area contributed by atoms with Crippen LogP contribution in [0.1, 0.15) is 18.1 Å². The molecule has 0 saturated carbocycles. The molecule has 23 heavy (non-hydrogen) atoms. The Balaban J connectivity index is 1.94. The summed E-state index contributed by atoms with van der Waals surface area (Å²) in [5.41, 5.74) is 1.62. The Morgan fingerprint density at radius 2 is 1.91 bits per heavy atom. The van der Waals surface area contributed by atoms with Gasteiger partial charge >= 0.3 is 0 Å². The summed E-state index contributed by atoms with van der Waals surface area (Å²) in [5, 5.41) is 3.89. The minimum atomic E-state index is -0.171. The molecule has 3 nitrogen and oxygen atoms in total. The smallest absolute Gasteiger partial charge is 0.162 e. The van der Waals surface area contributed by atoms with E-state index >= 15 is 0 Å². The number of nitrogens with one attached hydrogen (secondary N) is 1. The molecule has 0 amide bonds. The Bertz CT molecular complexity index is 649.